The van der Waals surface area contributed by atoms with Gasteiger partial charge >= 0.3 is 0 Å². The van der Waals surface area contributed by atoms with Gasteiger partial charge in [-0.05, 0) is 68.7 Å². The van der Waals surface area contributed by atoms with Crippen LogP contribution in [0, 0.1) is 6.92 Å². The van der Waals surface area contributed by atoms with Crippen LogP contribution >= 0.6 is 0 Å². The van der Waals surface area contributed by atoms with E-state index >= 15 is 0 Å². The van der Waals surface area contributed by atoms with Gasteiger partial charge in [-0.2, -0.15) is 0 Å². The molecule has 8 nitrogen and oxygen atoms in total. The summed E-state index contributed by atoms with van der Waals surface area (Å²) in [6, 6.07) is 21.6. The zero-order valence-electron chi connectivity index (χ0n) is 23.7. The molecule has 0 aliphatic heterocycles. The SMILES string of the molecule is CCCNC(=O)C(CC)N(Cc1cccc(C)c1)C(=O)CN(c1ccccc1)S(=O)(=O)c1ccc(OCC)cc1. The Kier molecular flexibility index (Phi) is 11.1. The van der Waals surface area contributed by atoms with Gasteiger partial charge in [0.1, 0.15) is 18.3 Å². The van der Waals surface area contributed by atoms with Crippen molar-refractivity contribution in [1.82, 2.24) is 10.2 Å². The minimum Gasteiger partial charge on any atom is -0.494 e. The van der Waals surface area contributed by atoms with Crippen LogP contribution in [0.4, 0.5) is 5.69 Å². The first-order valence-electron chi connectivity index (χ1n) is 13.6. The number of aryl methyl sites for hydroxylation is 1. The zero-order chi connectivity index (χ0) is 29.1. The number of rotatable bonds is 14. The molecule has 3 aromatic carbocycles. The highest BCUT2D eigenvalue weighted by Gasteiger charge is 2.33. The summed E-state index contributed by atoms with van der Waals surface area (Å²) in [5, 5.41) is 2.90. The summed E-state index contributed by atoms with van der Waals surface area (Å²) < 4.78 is 34.4. The van der Waals surface area contributed by atoms with Gasteiger partial charge in [0.05, 0.1) is 17.2 Å². The molecule has 0 aromatic heterocycles. The molecule has 0 saturated carbocycles. The molecule has 2 amide bonds. The van der Waals surface area contributed by atoms with Crippen molar-refractivity contribution in [2.45, 2.75) is 58.0 Å². The fraction of sp³-hybridized carbons (Fsp3) is 0.355. The van der Waals surface area contributed by atoms with Crippen molar-refractivity contribution < 1.29 is 22.7 Å². The Morgan fingerprint density at radius 1 is 0.925 bits per heavy atom. The molecule has 0 aliphatic carbocycles. The van der Waals surface area contributed by atoms with Crippen LogP contribution in [-0.2, 0) is 26.2 Å². The highest BCUT2D eigenvalue weighted by Crippen LogP contribution is 2.26. The Bertz CT molecular complexity index is 1360. The van der Waals surface area contributed by atoms with E-state index in [1.165, 1.54) is 17.0 Å². The third-order valence-corrected chi connectivity index (χ3v) is 8.20. The van der Waals surface area contributed by atoms with E-state index in [0.717, 1.165) is 21.9 Å². The first kappa shape index (κ1) is 30.7. The van der Waals surface area contributed by atoms with Crippen molar-refractivity contribution in [3.63, 3.8) is 0 Å². The average Bonchev–Trinajstić information content (AvgIpc) is 2.95. The molecule has 1 N–H and O–H groups in total. The molecule has 214 valence electrons. The number of para-hydroxylation sites is 1. The van der Waals surface area contributed by atoms with Crippen molar-refractivity contribution in [1.29, 1.82) is 0 Å². The minimum absolute atomic E-state index is 0.0329. The molecular formula is C31H39N3O5S. The number of anilines is 1. The molecule has 9 heteroatoms. The Morgan fingerprint density at radius 3 is 2.23 bits per heavy atom. The summed E-state index contributed by atoms with van der Waals surface area (Å²) in [4.78, 5) is 28.7. The van der Waals surface area contributed by atoms with Gasteiger partial charge in [0.25, 0.3) is 10.0 Å². The molecule has 3 aromatic rings. The van der Waals surface area contributed by atoms with Crippen molar-refractivity contribution >= 4 is 27.5 Å². The topological polar surface area (TPSA) is 96.0 Å². The highest BCUT2D eigenvalue weighted by molar-refractivity contribution is 7.92. The highest BCUT2D eigenvalue weighted by atomic mass is 32.2. The molecular weight excluding hydrogens is 526 g/mol. The summed E-state index contributed by atoms with van der Waals surface area (Å²) in [5.41, 5.74) is 2.23. The van der Waals surface area contributed by atoms with E-state index in [0.29, 0.717) is 31.0 Å². The van der Waals surface area contributed by atoms with Gasteiger partial charge in [0.15, 0.2) is 0 Å². The number of benzene rings is 3. The fourth-order valence-electron chi connectivity index (χ4n) is 4.42. The van der Waals surface area contributed by atoms with E-state index in [4.69, 9.17) is 4.74 Å². The quantitative estimate of drug-likeness (QED) is 0.299. The molecule has 3 rings (SSSR count). The Morgan fingerprint density at radius 2 is 1.62 bits per heavy atom. The lowest BCUT2D eigenvalue weighted by Crippen LogP contribution is -2.52. The lowest BCUT2D eigenvalue weighted by Gasteiger charge is -2.33. The number of hydrogen-bond acceptors (Lipinski definition) is 5. The van der Waals surface area contributed by atoms with E-state index in [1.54, 1.807) is 42.5 Å². The summed E-state index contributed by atoms with van der Waals surface area (Å²) >= 11 is 0. The van der Waals surface area contributed by atoms with Crippen LogP contribution < -0.4 is 14.4 Å². The molecule has 0 fully saturated rings. The zero-order valence-corrected chi connectivity index (χ0v) is 24.5. The van der Waals surface area contributed by atoms with Gasteiger partial charge < -0.3 is 15.0 Å². The number of ether oxygens (including phenoxy) is 1. The summed E-state index contributed by atoms with van der Waals surface area (Å²) in [5.74, 6) is -0.179. The molecule has 1 atom stereocenters. The van der Waals surface area contributed by atoms with Crippen LogP contribution in [0.15, 0.2) is 83.8 Å². The third-order valence-electron chi connectivity index (χ3n) is 6.42. The van der Waals surface area contributed by atoms with Gasteiger partial charge in [-0.1, -0.05) is 61.9 Å². The fourth-order valence-corrected chi connectivity index (χ4v) is 5.83. The number of nitrogens with zero attached hydrogens (tertiary/aromatic N) is 2. The first-order chi connectivity index (χ1) is 19.2. The molecule has 0 spiro atoms. The molecule has 1 unspecified atom stereocenters. The van der Waals surface area contributed by atoms with E-state index in [9.17, 15) is 18.0 Å². The number of sulfonamides is 1. The predicted molar refractivity (Wildman–Crippen MR) is 158 cm³/mol. The van der Waals surface area contributed by atoms with Crippen LogP contribution in [0.2, 0.25) is 0 Å². The Balaban J connectivity index is 2.01. The monoisotopic (exact) mass is 565 g/mol. The number of carbonyl (C=O) groups is 2. The molecule has 0 saturated heterocycles. The number of carbonyl (C=O) groups excluding carboxylic acids is 2. The predicted octanol–water partition coefficient (Wildman–Crippen LogP) is 4.92. The Labute approximate surface area is 238 Å². The van der Waals surface area contributed by atoms with Crippen LogP contribution in [-0.4, -0.2) is 50.9 Å². The second kappa shape index (κ2) is 14.5. The van der Waals surface area contributed by atoms with Gasteiger partial charge in [0, 0.05) is 13.1 Å². The van der Waals surface area contributed by atoms with E-state index in [-0.39, 0.29) is 17.3 Å². The number of amides is 2. The van der Waals surface area contributed by atoms with Gasteiger partial charge in [-0.15, -0.1) is 0 Å². The number of hydrogen-bond donors (Lipinski definition) is 1. The second-order valence-corrected chi connectivity index (χ2v) is 11.3. The maximum Gasteiger partial charge on any atom is 0.264 e. The second-order valence-electron chi connectivity index (χ2n) is 9.48. The smallest absolute Gasteiger partial charge is 0.264 e. The molecule has 40 heavy (non-hydrogen) atoms. The van der Waals surface area contributed by atoms with Gasteiger partial charge in [-0.3, -0.25) is 13.9 Å². The summed E-state index contributed by atoms with van der Waals surface area (Å²) in [6.07, 6.45) is 1.14. The largest absolute Gasteiger partial charge is 0.494 e. The van der Waals surface area contributed by atoms with Gasteiger partial charge in [0.2, 0.25) is 11.8 Å². The maximum absolute atomic E-state index is 14.0. The maximum atomic E-state index is 14.0. The lowest BCUT2D eigenvalue weighted by atomic mass is 10.1. The van der Waals surface area contributed by atoms with Crippen LogP contribution in [0.25, 0.3) is 0 Å². The lowest BCUT2D eigenvalue weighted by molar-refractivity contribution is -0.140. The van der Waals surface area contributed by atoms with Crippen molar-refractivity contribution in [2.75, 3.05) is 24.0 Å². The van der Waals surface area contributed by atoms with Crippen LogP contribution in [0.3, 0.4) is 0 Å². The molecule has 0 heterocycles. The van der Waals surface area contributed by atoms with Crippen molar-refractivity contribution in [2.24, 2.45) is 0 Å². The van der Waals surface area contributed by atoms with E-state index < -0.39 is 28.5 Å². The van der Waals surface area contributed by atoms with Crippen molar-refractivity contribution in [3.8, 4) is 5.75 Å². The summed E-state index contributed by atoms with van der Waals surface area (Å²) in [7, 11) is -4.13. The van der Waals surface area contributed by atoms with E-state index in [2.05, 4.69) is 5.32 Å². The molecule has 0 bridgehead atoms. The Hall–Kier alpha value is -3.85. The normalized spacial score (nSPS) is 11.9. The van der Waals surface area contributed by atoms with Crippen molar-refractivity contribution in [3.05, 3.63) is 90.0 Å². The molecule has 0 aliphatic rings. The van der Waals surface area contributed by atoms with Crippen LogP contribution in [0.5, 0.6) is 5.75 Å². The van der Waals surface area contributed by atoms with Crippen LogP contribution in [0.1, 0.15) is 44.7 Å². The first-order valence-corrected chi connectivity index (χ1v) is 15.1. The van der Waals surface area contributed by atoms with Gasteiger partial charge in [-0.25, -0.2) is 8.42 Å². The summed E-state index contributed by atoms with van der Waals surface area (Å²) in [6.45, 7) is 8.26. The molecule has 0 radical (unpaired) electrons. The number of nitrogens with one attached hydrogen (secondary N) is 1. The third kappa shape index (κ3) is 7.85. The van der Waals surface area contributed by atoms with E-state index in [1.807, 2.05) is 52.0 Å². The minimum atomic E-state index is -4.13. The average molecular weight is 566 g/mol. The standard InChI is InChI=1S/C31H39N3O5S/c1-5-20-32-31(36)29(6-2)33(22-25-13-11-12-24(4)21-25)30(35)23-34(26-14-9-8-10-15-26)40(37,38)28-18-16-27(17-19-28)39-7-3/h8-19,21,29H,5-7,20,22-23H2,1-4H3,(H,32,36).